The van der Waals surface area contributed by atoms with Crippen molar-refractivity contribution in [2.45, 2.75) is 6.92 Å². The lowest BCUT2D eigenvalue weighted by Crippen LogP contribution is -1.97. The minimum absolute atomic E-state index is 0.0645. The molecule has 0 saturated carbocycles. The van der Waals surface area contributed by atoms with Crippen LogP contribution in [0.25, 0.3) is 21.3 Å². The lowest BCUT2D eigenvalue weighted by atomic mass is 10.0. The van der Waals surface area contributed by atoms with E-state index in [0.29, 0.717) is 11.5 Å². The number of benzene rings is 2. The lowest BCUT2D eigenvalue weighted by Gasteiger charge is -2.10. The van der Waals surface area contributed by atoms with Gasteiger partial charge in [0.15, 0.2) is 0 Å². The molecular formula is C19H12BrClN4O2S. The second kappa shape index (κ2) is 7.46. The molecule has 2 aromatic heterocycles. The molecule has 0 aliphatic heterocycles. The molecule has 0 bridgehead atoms. The van der Waals surface area contributed by atoms with Crippen LogP contribution in [0.3, 0.4) is 0 Å². The normalized spacial score (nSPS) is 11.0. The fourth-order valence-corrected chi connectivity index (χ4v) is 4.45. The Bertz CT molecular complexity index is 1210. The first-order chi connectivity index (χ1) is 13.4. The van der Waals surface area contributed by atoms with Crippen LogP contribution in [0.4, 0.5) is 17.2 Å². The molecule has 1 N–H and O–H groups in total. The molecule has 4 rings (SSSR count). The summed E-state index contributed by atoms with van der Waals surface area (Å²) in [4.78, 5) is 21.2. The number of hydrogen-bond donors (Lipinski definition) is 1. The summed E-state index contributed by atoms with van der Waals surface area (Å²) in [5.74, 6) is 0.600. The van der Waals surface area contributed by atoms with Crippen molar-refractivity contribution in [1.82, 2.24) is 9.97 Å². The molecule has 9 heteroatoms. The van der Waals surface area contributed by atoms with Crippen LogP contribution < -0.4 is 5.32 Å². The van der Waals surface area contributed by atoms with E-state index < -0.39 is 4.92 Å². The Kier molecular flexibility index (Phi) is 5.01. The van der Waals surface area contributed by atoms with Crippen molar-refractivity contribution < 1.29 is 4.92 Å². The summed E-state index contributed by atoms with van der Waals surface area (Å²) in [5.41, 5.74) is 2.58. The smallest absolute Gasteiger partial charge is 0.271 e. The minimum atomic E-state index is -0.480. The monoisotopic (exact) mass is 474 g/mol. The molecule has 2 aromatic carbocycles. The van der Waals surface area contributed by atoms with Crippen molar-refractivity contribution in [3.8, 4) is 11.1 Å². The Balaban J connectivity index is 1.84. The van der Waals surface area contributed by atoms with Gasteiger partial charge in [0.1, 0.15) is 17.0 Å². The summed E-state index contributed by atoms with van der Waals surface area (Å²) in [6, 6.07) is 12.3. The Morgan fingerprint density at radius 2 is 1.93 bits per heavy atom. The number of anilines is 2. The predicted octanol–water partition coefficient (Wildman–Crippen LogP) is 6.73. The summed E-state index contributed by atoms with van der Waals surface area (Å²) in [7, 11) is 0. The molecule has 0 unspecified atom stereocenters. The van der Waals surface area contributed by atoms with Crippen molar-refractivity contribution in [3.05, 3.63) is 73.3 Å². The van der Waals surface area contributed by atoms with E-state index in [1.165, 1.54) is 18.5 Å². The first-order valence-electron chi connectivity index (χ1n) is 8.15. The van der Waals surface area contributed by atoms with Crippen LogP contribution in [0.2, 0.25) is 5.02 Å². The third-order valence-corrected chi connectivity index (χ3v) is 6.07. The van der Waals surface area contributed by atoms with Crippen LogP contribution in [-0.2, 0) is 0 Å². The number of aromatic nitrogens is 2. The lowest BCUT2D eigenvalue weighted by molar-refractivity contribution is -0.384. The first kappa shape index (κ1) is 18.8. The highest BCUT2D eigenvalue weighted by Gasteiger charge is 2.18. The average Bonchev–Trinajstić information content (AvgIpc) is 3.00. The standard InChI is InChI=1S/C19H12BrClN4O2S/c1-10-16(11-2-4-12(20)5-3-11)17-18(22-9-23-19(17)28-10)24-15-7-6-13(25(26)27)8-14(15)21/h2-9H,1H3,(H,22,23,24). The molecule has 0 aliphatic rings. The minimum Gasteiger partial charge on any atom is -0.338 e. The largest absolute Gasteiger partial charge is 0.338 e. The van der Waals surface area contributed by atoms with Gasteiger partial charge in [-0.15, -0.1) is 11.3 Å². The topological polar surface area (TPSA) is 81.0 Å². The van der Waals surface area contributed by atoms with Gasteiger partial charge in [0.25, 0.3) is 5.69 Å². The van der Waals surface area contributed by atoms with Gasteiger partial charge in [-0.25, -0.2) is 9.97 Å². The van der Waals surface area contributed by atoms with Gasteiger partial charge < -0.3 is 5.32 Å². The van der Waals surface area contributed by atoms with Crippen LogP contribution in [0.1, 0.15) is 4.88 Å². The van der Waals surface area contributed by atoms with Crippen molar-refractivity contribution in [2.24, 2.45) is 0 Å². The quantitative estimate of drug-likeness (QED) is 0.261. The Hall–Kier alpha value is -2.55. The maximum Gasteiger partial charge on any atom is 0.271 e. The number of aryl methyl sites for hydroxylation is 1. The van der Waals surface area contributed by atoms with E-state index in [1.54, 1.807) is 17.4 Å². The van der Waals surface area contributed by atoms with Crippen LogP contribution in [0, 0.1) is 17.0 Å². The number of thiophene rings is 1. The molecule has 0 saturated heterocycles. The SMILES string of the molecule is Cc1sc2ncnc(Nc3ccc([N+](=O)[O-])cc3Cl)c2c1-c1ccc(Br)cc1. The number of hydrogen-bond acceptors (Lipinski definition) is 6. The van der Waals surface area contributed by atoms with Crippen LogP contribution in [0.15, 0.2) is 53.3 Å². The van der Waals surface area contributed by atoms with E-state index >= 15 is 0 Å². The van der Waals surface area contributed by atoms with Crippen LogP contribution in [0.5, 0.6) is 0 Å². The van der Waals surface area contributed by atoms with Gasteiger partial charge in [-0.1, -0.05) is 39.7 Å². The Morgan fingerprint density at radius 3 is 2.61 bits per heavy atom. The van der Waals surface area contributed by atoms with Gasteiger partial charge in [-0.05, 0) is 30.7 Å². The van der Waals surface area contributed by atoms with Crippen molar-refractivity contribution in [2.75, 3.05) is 5.32 Å². The first-order valence-corrected chi connectivity index (χ1v) is 10.1. The number of non-ortho nitro benzene ring substituents is 1. The van der Waals surface area contributed by atoms with E-state index in [0.717, 1.165) is 30.7 Å². The molecule has 0 spiro atoms. The fourth-order valence-electron chi connectivity index (χ4n) is 2.95. The van der Waals surface area contributed by atoms with E-state index in [2.05, 4.69) is 31.2 Å². The molecule has 2 heterocycles. The average molecular weight is 476 g/mol. The van der Waals surface area contributed by atoms with E-state index in [4.69, 9.17) is 11.6 Å². The fraction of sp³-hybridized carbons (Fsp3) is 0.0526. The van der Waals surface area contributed by atoms with Gasteiger partial charge in [-0.3, -0.25) is 10.1 Å². The maximum absolute atomic E-state index is 10.9. The second-order valence-electron chi connectivity index (χ2n) is 5.99. The summed E-state index contributed by atoms with van der Waals surface area (Å²) in [6.45, 7) is 2.05. The molecule has 0 radical (unpaired) electrons. The summed E-state index contributed by atoms with van der Waals surface area (Å²) in [6.07, 6.45) is 1.49. The molecule has 6 nitrogen and oxygen atoms in total. The predicted molar refractivity (Wildman–Crippen MR) is 117 cm³/mol. The maximum atomic E-state index is 10.9. The number of nitrogens with one attached hydrogen (secondary N) is 1. The summed E-state index contributed by atoms with van der Waals surface area (Å²) in [5, 5.41) is 15.3. The highest BCUT2D eigenvalue weighted by molar-refractivity contribution is 9.10. The highest BCUT2D eigenvalue weighted by atomic mass is 79.9. The van der Waals surface area contributed by atoms with E-state index in [9.17, 15) is 10.1 Å². The highest BCUT2D eigenvalue weighted by Crippen LogP contribution is 2.42. The molecule has 0 atom stereocenters. The number of nitro groups is 1. The van der Waals surface area contributed by atoms with Gasteiger partial charge in [-0.2, -0.15) is 0 Å². The third kappa shape index (κ3) is 3.46. The number of nitro benzene ring substituents is 1. The molecular weight excluding hydrogens is 464 g/mol. The molecule has 0 amide bonds. The number of rotatable bonds is 4. The molecule has 0 aliphatic carbocycles. The van der Waals surface area contributed by atoms with Crippen molar-refractivity contribution >= 4 is 66.3 Å². The Morgan fingerprint density at radius 1 is 1.18 bits per heavy atom. The molecule has 4 aromatic rings. The van der Waals surface area contributed by atoms with Crippen molar-refractivity contribution in [3.63, 3.8) is 0 Å². The number of halogens is 2. The van der Waals surface area contributed by atoms with E-state index in [1.807, 2.05) is 31.2 Å². The zero-order valence-electron chi connectivity index (χ0n) is 14.4. The molecule has 28 heavy (non-hydrogen) atoms. The second-order valence-corrected chi connectivity index (χ2v) is 8.51. The van der Waals surface area contributed by atoms with Gasteiger partial charge >= 0.3 is 0 Å². The molecule has 140 valence electrons. The summed E-state index contributed by atoms with van der Waals surface area (Å²) < 4.78 is 1.00. The zero-order chi connectivity index (χ0) is 19.8. The van der Waals surface area contributed by atoms with Crippen molar-refractivity contribution in [1.29, 1.82) is 0 Å². The summed E-state index contributed by atoms with van der Waals surface area (Å²) >= 11 is 11.3. The number of nitrogens with zero attached hydrogens (tertiary/aromatic N) is 3. The van der Waals surface area contributed by atoms with Crippen LogP contribution in [-0.4, -0.2) is 14.9 Å². The van der Waals surface area contributed by atoms with Gasteiger partial charge in [0.05, 0.1) is 21.0 Å². The van der Waals surface area contributed by atoms with Crippen LogP contribution >= 0.6 is 38.9 Å². The van der Waals surface area contributed by atoms with Gasteiger partial charge in [0, 0.05) is 27.0 Å². The molecule has 0 fully saturated rings. The van der Waals surface area contributed by atoms with E-state index in [-0.39, 0.29) is 10.7 Å². The Labute approximate surface area is 177 Å². The van der Waals surface area contributed by atoms with Gasteiger partial charge in [0.2, 0.25) is 0 Å². The zero-order valence-corrected chi connectivity index (χ0v) is 17.6. The third-order valence-electron chi connectivity index (χ3n) is 4.21. The number of fused-ring (bicyclic) bond motifs is 1.